The van der Waals surface area contributed by atoms with Gasteiger partial charge in [-0.05, 0) is 48.7 Å². The van der Waals surface area contributed by atoms with E-state index < -0.39 is 12.1 Å². The lowest BCUT2D eigenvalue weighted by Crippen LogP contribution is -2.70. The van der Waals surface area contributed by atoms with Crippen LogP contribution < -0.4 is 10.6 Å². The van der Waals surface area contributed by atoms with Crippen molar-refractivity contribution in [1.82, 2.24) is 25.4 Å². The number of aromatic nitrogens is 1. The molecule has 4 amide bonds. The normalized spacial score (nSPS) is 21.1. The summed E-state index contributed by atoms with van der Waals surface area (Å²) in [7, 11) is 0. The molecular weight excluding hydrogens is 418 g/mol. The van der Waals surface area contributed by atoms with Crippen LogP contribution in [-0.2, 0) is 22.7 Å². The zero-order valence-electron chi connectivity index (χ0n) is 17.0. The van der Waals surface area contributed by atoms with Crippen molar-refractivity contribution in [3.63, 3.8) is 0 Å². The molecule has 2 saturated heterocycles. The molecule has 0 aliphatic carbocycles. The number of benzene rings is 1. The predicted octanol–water partition coefficient (Wildman–Crippen LogP) is 1.94. The molecule has 162 valence electrons. The maximum Gasteiger partial charge on any atom is 0.327 e. The fourth-order valence-electron chi connectivity index (χ4n) is 4.07. The number of nitrogens with zero attached hydrogens (tertiary/aromatic N) is 3. The molecule has 1 aromatic carbocycles. The molecule has 2 aliphatic heterocycles. The molecule has 2 N–H and O–H groups in total. The van der Waals surface area contributed by atoms with Gasteiger partial charge in [-0.1, -0.05) is 29.8 Å². The van der Waals surface area contributed by atoms with Crippen LogP contribution in [0.5, 0.6) is 0 Å². The van der Waals surface area contributed by atoms with Crippen LogP contribution in [0.3, 0.4) is 0 Å². The summed E-state index contributed by atoms with van der Waals surface area (Å²) in [4.78, 5) is 45.7. The van der Waals surface area contributed by atoms with Gasteiger partial charge >= 0.3 is 6.03 Å². The van der Waals surface area contributed by atoms with Crippen LogP contribution in [0.1, 0.15) is 24.0 Å². The SMILES string of the molecule is O=C(CN1C(=O)N(Cc2ccncc2)C(=O)C2NCCCC21)NCc1ccccc1Cl. The number of rotatable bonds is 6. The average molecular weight is 442 g/mol. The number of hydrogen-bond acceptors (Lipinski definition) is 5. The highest BCUT2D eigenvalue weighted by Gasteiger charge is 2.47. The molecule has 8 nitrogen and oxygen atoms in total. The third-order valence-corrected chi connectivity index (χ3v) is 6.04. The lowest BCUT2D eigenvalue weighted by Gasteiger charge is -2.46. The summed E-state index contributed by atoms with van der Waals surface area (Å²) in [6, 6.07) is 9.51. The monoisotopic (exact) mass is 441 g/mol. The lowest BCUT2D eigenvalue weighted by atomic mass is 9.93. The van der Waals surface area contributed by atoms with E-state index in [-0.39, 0.29) is 37.5 Å². The van der Waals surface area contributed by atoms with Gasteiger partial charge < -0.3 is 15.5 Å². The number of urea groups is 1. The van der Waals surface area contributed by atoms with Crippen LogP contribution in [0.2, 0.25) is 5.02 Å². The Labute approximate surface area is 185 Å². The molecule has 3 heterocycles. The van der Waals surface area contributed by atoms with Gasteiger partial charge in [0.25, 0.3) is 0 Å². The lowest BCUT2D eigenvalue weighted by molar-refractivity contribution is -0.139. The van der Waals surface area contributed by atoms with Crippen molar-refractivity contribution in [1.29, 1.82) is 0 Å². The van der Waals surface area contributed by atoms with Crippen molar-refractivity contribution in [2.45, 2.75) is 38.0 Å². The Morgan fingerprint density at radius 3 is 2.74 bits per heavy atom. The molecule has 0 bridgehead atoms. The predicted molar refractivity (Wildman–Crippen MR) is 115 cm³/mol. The third kappa shape index (κ3) is 4.70. The minimum atomic E-state index is -0.510. The molecule has 1 aromatic heterocycles. The van der Waals surface area contributed by atoms with Gasteiger partial charge in [0.15, 0.2) is 0 Å². The van der Waals surface area contributed by atoms with Crippen molar-refractivity contribution >= 4 is 29.4 Å². The first-order chi connectivity index (χ1) is 15.0. The fraction of sp³-hybridized carbons (Fsp3) is 0.364. The molecule has 31 heavy (non-hydrogen) atoms. The summed E-state index contributed by atoms with van der Waals surface area (Å²) in [5.41, 5.74) is 1.60. The number of imide groups is 1. The second-order valence-corrected chi connectivity index (χ2v) is 8.11. The van der Waals surface area contributed by atoms with Gasteiger partial charge in [-0.15, -0.1) is 0 Å². The van der Waals surface area contributed by atoms with Gasteiger partial charge in [-0.3, -0.25) is 19.5 Å². The number of fused-ring (bicyclic) bond motifs is 1. The standard InChI is InChI=1S/C22H24ClN5O3/c23-17-5-2-1-4-16(17)12-26-19(29)14-27-18-6-3-9-25-20(18)21(30)28(22(27)31)13-15-7-10-24-11-8-15/h1-2,4-5,7-8,10-11,18,20,25H,3,6,9,12-14H2,(H,26,29). The van der Waals surface area contributed by atoms with E-state index in [4.69, 9.17) is 11.6 Å². The fourth-order valence-corrected chi connectivity index (χ4v) is 4.27. The van der Waals surface area contributed by atoms with E-state index >= 15 is 0 Å². The number of nitrogens with one attached hydrogen (secondary N) is 2. The van der Waals surface area contributed by atoms with E-state index in [1.807, 2.05) is 18.2 Å². The van der Waals surface area contributed by atoms with Crippen molar-refractivity contribution in [2.24, 2.45) is 0 Å². The largest absolute Gasteiger partial charge is 0.350 e. The van der Waals surface area contributed by atoms with E-state index in [0.29, 0.717) is 18.0 Å². The van der Waals surface area contributed by atoms with E-state index in [1.54, 1.807) is 30.6 Å². The van der Waals surface area contributed by atoms with Crippen molar-refractivity contribution in [3.05, 3.63) is 64.9 Å². The van der Waals surface area contributed by atoms with E-state index in [1.165, 1.54) is 9.80 Å². The van der Waals surface area contributed by atoms with E-state index in [2.05, 4.69) is 15.6 Å². The summed E-state index contributed by atoms with van der Waals surface area (Å²) in [6.45, 7) is 0.998. The smallest absolute Gasteiger partial charge is 0.327 e. The van der Waals surface area contributed by atoms with Gasteiger partial charge in [0.2, 0.25) is 11.8 Å². The van der Waals surface area contributed by atoms with Crippen molar-refractivity contribution in [3.8, 4) is 0 Å². The van der Waals surface area contributed by atoms with Crippen LogP contribution in [0, 0.1) is 0 Å². The molecule has 2 fully saturated rings. The zero-order valence-corrected chi connectivity index (χ0v) is 17.7. The zero-order chi connectivity index (χ0) is 21.8. The van der Waals surface area contributed by atoms with Gasteiger partial charge in [0.1, 0.15) is 12.6 Å². The number of pyridine rings is 1. The first-order valence-electron chi connectivity index (χ1n) is 10.3. The Kier molecular flexibility index (Phi) is 6.48. The van der Waals surface area contributed by atoms with Gasteiger partial charge in [-0.25, -0.2) is 4.79 Å². The summed E-state index contributed by atoms with van der Waals surface area (Å²) in [5.74, 6) is -0.546. The number of carbonyl (C=O) groups excluding carboxylic acids is 3. The van der Waals surface area contributed by atoms with Crippen molar-refractivity contribution in [2.75, 3.05) is 13.1 Å². The van der Waals surface area contributed by atoms with E-state index in [0.717, 1.165) is 17.5 Å². The number of carbonyl (C=O) groups is 3. The quantitative estimate of drug-likeness (QED) is 0.714. The maximum atomic E-state index is 13.2. The number of halogens is 1. The maximum absolute atomic E-state index is 13.2. The summed E-state index contributed by atoms with van der Waals surface area (Å²) in [6.07, 6.45) is 4.76. The van der Waals surface area contributed by atoms with Crippen LogP contribution in [0.25, 0.3) is 0 Å². The summed E-state index contributed by atoms with van der Waals surface area (Å²) < 4.78 is 0. The molecule has 0 radical (unpaired) electrons. The highest BCUT2D eigenvalue weighted by molar-refractivity contribution is 6.31. The summed E-state index contributed by atoms with van der Waals surface area (Å²) in [5, 5.41) is 6.63. The second-order valence-electron chi connectivity index (χ2n) is 7.70. The van der Waals surface area contributed by atoms with E-state index in [9.17, 15) is 14.4 Å². The molecule has 0 saturated carbocycles. The molecule has 2 unspecified atom stereocenters. The Morgan fingerprint density at radius 1 is 1.19 bits per heavy atom. The van der Waals surface area contributed by atoms with Crippen LogP contribution in [-0.4, -0.2) is 57.8 Å². The molecule has 0 spiro atoms. The number of piperidine rings is 1. The molecule has 4 rings (SSSR count). The third-order valence-electron chi connectivity index (χ3n) is 5.67. The first-order valence-corrected chi connectivity index (χ1v) is 10.7. The number of hydrogen-bond donors (Lipinski definition) is 2. The molecule has 2 aromatic rings. The Hall–Kier alpha value is -2.97. The van der Waals surface area contributed by atoms with Crippen LogP contribution in [0.4, 0.5) is 4.79 Å². The molecule has 2 aliphatic rings. The van der Waals surface area contributed by atoms with Crippen molar-refractivity contribution < 1.29 is 14.4 Å². The van der Waals surface area contributed by atoms with Crippen LogP contribution in [0.15, 0.2) is 48.8 Å². The van der Waals surface area contributed by atoms with Gasteiger partial charge in [-0.2, -0.15) is 0 Å². The Morgan fingerprint density at radius 2 is 1.97 bits per heavy atom. The number of amides is 4. The second kappa shape index (κ2) is 9.45. The topological polar surface area (TPSA) is 94.6 Å². The van der Waals surface area contributed by atoms with Gasteiger partial charge in [0.05, 0.1) is 12.6 Å². The minimum absolute atomic E-state index is 0.119. The Balaban J connectivity index is 1.48. The highest BCUT2D eigenvalue weighted by Crippen LogP contribution is 2.25. The minimum Gasteiger partial charge on any atom is -0.350 e. The Bertz CT molecular complexity index is 971. The van der Waals surface area contributed by atoms with Gasteiger partial charge in [0, 0.05) is 24.0 Å². The average Bonchev–Trinajstić information content (AvgIpc) is 2.79. The molecular formula is C22H24ClN5O3. The van der Waals surface area contributed by atoms with Crippen LogP contribution >= 0.6 is 11.6 Å². The highest BCUT2D eigenvalue weighted by atomic mass is 35.5. The molecule has 9 heteroatoms. The summed E-state index contributed by atoms with van der Waals surface area (Å²) >= 11 is 6.15. The molecule has 2 atom stereocenters. The first kappa shape index (κ1) is 21.3.